The van der Waals surface area contributed by atoms with E-state index in [1.54, 1.807) is 12.1 Å². The standard InChI is InChI=1S/C16H10O4/c17-15(18)12-7-3-6-11-10-5-2-1-4-9(10)8-13(14(11)12)16(19)20/h1-8H,(H,17,18)(H,19,20). The van der Waals surface area contributed by atoms with Gasteiger partial charge in [-0.1, -0.05) is 36.4 Å². The van der Waals surface area contributed by atoms with Crippen LogP contribution in [0.25, 0.3) is 21.5 Å². The van der Waals surface area contributed by atoms with Gasteiger partial charge in [-0.2, -0.15) is 0 Å². The average molecular weight is 266 g/mol. The van der Waals surface area contributed by atoms with Crippen molar-refractivity contribution < 1.29 is 19.8 Å². The molecule has 4 heteroatoms. The van der Waals surface area contributed by atoms with Gasteiger partial charge in [0.25, 0.3) is 0 Å². The van der Waals surface area contributed by atoms with Gasteiger partial charge in [-0.25, -0.2) is 9.59 Å². The molecule has 4 nitrogen and oxygen atoms in total. The SMILES string of the molecule is O=C(O)c1cccc2c1c(C(=O)O)cc1ccccc12. The van der Waals surface area contributed by atoms with Crippen molar-refractivity contribution in [1.82, 2.24) is 0 Å². The van der Waals surface area contributed by atoms with E-state index < -0.39 is 11.9 Å². The minimum atomic E-state index is -1.13. The van der Waals surface area contributed by atoms with Crippen LogP contribution in [0.2, 0.25) is 0 Å². The largest absolute Gasteiger partial charge is 0.478 e. The van der Waals surface area contributed by atoms with Crippen molar-refractivity contribution in [1.29, 1.82) is 0 Å². The van der Waals surface area contributed by atoms with E-state index in [2.05, 4.69) is 0 Å². The highest BCUT2D eigenvalue weighted by Crippen LogP contribution is 2.31. The van der Waals surface area contributed by atoms with E-state index in [1.807, 2.05) is 24.3 Å². The molecule has 0 aliphatic carbocycles. The smallest absolute Gasteiger partial charge is 0.336 e. The van der Waals surface area contributed by atoms with E-state index in [-0.39, 0.29) is 16.5 Å². The molecule has 20 heavy (non-hydrogen) atoms. The fraction of sp³-hybridized carbons (Fsp3) is 0. The second kappa shape index (κ2) is 4.35. The third-order valence-electron chi connectivity index (χ3n) is 3.35. The molecule has 0 atom stereocenters. The first-order valence-corrected chi connectivity index (χ1v) is 6.00. The molecule has 0 fully saturated rings. The number of fused-ring (bicyclic) bond motifs is 3. The molecule has 0 unspecified atom stereocenters. The van der Waals surface area contributed by atoms with Crippen LogP contribution in [-0.2, 0) is 0 Å². The molecule has 0 aliphatic rings. The maximum atomic E-state index is 11.4. The summed E-state index contributed by atoms with van der Waals surface area (Å²) < 4.78 is 0. The van der Waals surface area contributed by atoms with Gasteiger partial charge in [-0.05, 0) is 28.3 Å². The van der Waals surface area contributed by atoms with Gasteiger partial charge < -0.3 is 10.2 Å². The lowest BCUT2D eigenvalue weighted by Crippen LogP contribution is -2.04. The third-order valence-corrected chi connectivity index (χ3v) is 3.35. The molecule has 0 heterocycles. The van der Waals surface area contributed by atoms with Crippen molar-refractivity contribution in [2.24, 2.45) is 0 Å². The molecular weight excluding hydrogens is 256 g/mol. The number of carboxylic acids is 2. The Morgan fingerprint density at radius 1 is 0.750 bits per heavy atom. The van der Waals surface area contributed by atoms with E-state index in [0.29, 0.717) is 5.39 Å². The zero-order valence-corrected chi connectivity index (χ0v) is 10.3. The van der Waals surface area contributed by atoms with Crippen molar-refractivity contribution in [3.63, 3.8) is 0 Å². The Morgan fingerprint density at radius 2 is 1.40 bits per heavy atom. The van der Waals surface area contributed by atoms with Crippen LogP contribution in [0.5, 0.6) is 0 Å². The normalized spacial score (nSPS) is 10.8. The number of carboxylic acid groups (broad SMARTS) is 2. The maximum absolute atomic E-state index is 11.4. The Morgan fingerprint density at radius 3 is 2.10 bits per heavy atom. The lowest BCUT2D eigenvalue weighted by atomic mass is 9.94. The molecule has 0 aliphatic heterocycles. The molecule has 0 bridgehead atoms. The summed E-state index contributed by atoms with van der Waals surface area (Å²) >= 11 is 0. The molecular formula is C16H10O4. The Balaban J connectivity index is 2.62. The summed E-state index contributed by atoms with van der Waals surface area (Å²) in [5, 5.41) is 21.2. The van der Waals surface area contributed by atoms with Crippen LogP contribution in [0.4, 0.5) is 0 Å². The number of benzene rings is 3. The highest BCUT2D eigenvalue weighted by Gasteiger charge is 2.18. The van der Waals surface area contributed by atoms with Crippen molar-refractivity contribution in [2.75, 3.05) is 0 Å². The predicted molar refractivity (Wildman–Crippen MR) is 75.4 cm³/mol. The van der Waals surface area contributed by atoms with Gasteiger partial charge in [0.1, 0.15) is 0 Å². The second-order valence-corrected chi connectivity index (χ2v) is 4.48. The van der Waals surface area contributed by atoms with Crippen LogP contribution >= 0.6 is 0 Å². The van der Waals surface area contributed by atoms with E-state index in [0.717, 1.165) is 10.8 Å². The number of carbonyl (C=O) groups is 2. The van der Waals surface area contributed by atoms with Crippen LogP contribution in [0.3, 0.4) is 0 Å². The molecule has 3 aromatic carbocycles. The van der Waals surface area contributed by atoms with Gasteiger partial charge in [-0.3, -0.25) is 0 Å². The number of hydrogen-bond donors (Lipinski definition) is 2. The van der Waals surface area contributed by atoms with E-state index in [9.17, 15) is 19.8 Å². The van der Waals surface area contributed by atoms with E-state index in [4.69, 9.17) is 0 Å². The van der Waals surface area contributed by atoms with E-state index in [1.165, 1.54) is 12.1 Å². The van der Waals surface area contributed by atoms with Crippen molar-refractivity contribution >= 4 is 33.5 Å². The van der Waals surface area contributed by atoms with E-state index >= 15 is 0 Å². The summed E-state index contributed by atoms with van der Waals surface area (Å²) in [6, 6.07) is 13.7. The van der Waals surface area contributed by atoms with Gasteiger partial charge in [0.15, 0.2) is 0 Å². The molecule has 3 aromatic rings. The Hall–Kier alpha value is -2.88. The molecule has 0 saturated carbocycles. The fourth-order valence-electron chi connectivity index (χ4n) is 2.51. The molecule has 0 spiro atoms. The summed E-state index contributed by atoms with van der Waals surface area (Å²) in [6.45, 7) is 0. The highest BCUT2D eigenvalue weighted by atomic mass is 16.4. The monoisotopic (exact) mass is 266 g/mol. The van der Waals surface area contributed by atoms with Gasteiger partial charge in [0.05, 0.1) is 11.1 Å². The molecule has 0 amide bonds. The maximum Gasteiger partial charge on any atom is 0.336 e. The van der Waals surface area contributed by atoms with Crippen molar-refractivity contribution in [3.05, 3.63) is 59.7 Å². The minimum absolute atomic E-state index is 0.00523. The number of aromatic carboxylic acids is 2. The molecule has 2 N–H and O–H groups in total. The predicted octanol–water partition coefficient (Wildman–Crippen LogP) is 3.39. The molecule has 98 valence electrons. The van der Waals surface area contributed by atoms with Crippen molar-refractivity contribution in [2.45, 2.75) is 0 Å². The summed E-state index contributed by atoms with van der Waals surface area (Å²) in [5.74, 6) is -2.26. The summed E-state index contributed by atoms with van der Waals surface area (Å²) in [5.41, 5.74) is 0.0161. The van der Waals surface area contributed by atoms with Gasteiger partial charge in [0.2, 0.25) is 0 Å². The third kappa shape index (κ3) is 1.70. The van der Waals surface area contributed by atoms with Crippen LogP contribution in [0.15, 0.2) is 48.5 Å². The molecule has 0 radical (unpaired) electrons. The first-order valence-electron chi connectivity index (χ1n) is 6.00. The fourth-order valence-corrected chi connectivity index (χ4v) is 2.51. The first kappa shape index (κ1) is 12.2. The molecule has 0 aromatic heterocycles. The Bertz CT molecular complexity index is 865. The summed E-state index contributed by atoms with van der Waals surface area (Å²) in [6.07, 6.45) is 0. The molecule has 3 rings (SSSR count). The van der Waals surface area contributed by atoms with Gasteiger partial charge >= 0.3 is 11.9 Å². The van der Waals surface area contributed by atoms with Crippen molar-refractivity contribution in [3.8, 4) is 0 Å². The lowest BCUT2D eigenvalue weighted by Gasteiger charge is -2.10. The average Bonchev–Trinajstić information content (AvgIpc) is 2.45. The first-order chi connectivity index (χ1) is 9.59. The van der Waals surface area contributed by atoms with Crippen LogP contribution in [-0.4, -0.2) is 22.2 Å². The topological polar surface area (TPSA) is 74.6 Å². The van der Waals surface area contributed by atoms with Crippen LogP contribution in [0.1, 0.15) is 20.7 Å². The lowest BCUT2D eigenvalue weighted by molar-refractivity contribution is 0.0695. The van der Waals surface area contributed by atoms with Gasteiger partial charge in [0, 0.05) is 5.39 Å². The van der Waals surface area contributed by atoms with Crippen LogP contribution < -0.4 is 0 Å². The Kier molecular flexibility index (Phi) is 2.64. The minimum Gasteiger partial charge on any atom is -0.478 e. The van der Waals surface area contributed by atoms with Crippen LogP contribution in [0, 0.1) is 0 Å². The number of hydrogen-bond acceptors (Lipinski definition) is 2. The molecule has 0 saturated heterocycles. The zero-order valence-electron chi connectivity index (χ0n) is 10.3. The zero-order chi connectivity index (χ0) is 14.3. The quantitative estimate of drug-likeness (QED) is 0.697. The highest BCUT2D eigenvalue weighted by molar-refractivity contribution is 6.20. The number of rotatable bonds is 2. The Labute approximate surface area is 113 Å². The summed E-state index contributed by atoms with van der Waals surface area (Å²) in [4.78, 5) is 22.8. The van der Waals surface area contributed by atoms with Gasteiger partial charge in [-0.15, -0.1) is 0 Å². The second-order valence-electron chi connectivity index (χ2n) is 4.48. The summed E-state index contributed by atoms with van der Waals surface area (Å²) in [7, 11) is 0.